The van der Waals surface area contributed by atoms with Gasteiger partial charge in [-0.2, -0.15) is 0 Å². The summed E-state index contributed by atoms with van der Waals surface area (Å²) in [4.78, 5) is 31.9. The highest BCUT2D eigenvalue weighted by atomic mass is 16.2. The number of nitrogens with one attached hydrogen (secondary N) is 2. The summed E-state index contributed by atoms with van der Waals surface area (Å²) in [5.41, 5.74) is 3.47. The second-order valence-corrected chi connectivity index (χ2v) is 9.56. The Labute approximate surface area is 197 Å². The lowest BCUT2D eigenvalue weighted by molar-refractivity contribution is -0.137. The minimum Gasteiger partial charge on any atom is -0.344 e. The summed E-state index contributed by atoms with van der Waals surface area (Å²) in [6.45, 7) is 3.67. The van der Waals surface area contributed by atoms with Crippen molar-refractivity contribution in [3.63, 3.8) is 0 Å². The van der Waals surface area contributed by atoms with E-state index in [1.807, 2.05) is 30.1 Å². The molecule has 2 N–H and O–H groups in total. The molecule has 0 radical (unpaired) electrons. The van der Waals surface area contributed by atoms with Gasteiger partial charge < -0.3 is 15.5 Å². The van der Waals surface area contributed by atoms with Gasteiger partial charge in [0.25, 0.3) is 0 Å². The topological polar surface area (TPSA) is 74.3 Å². The number of aromatic nitrogens is 1. The fourth-order valence-corrected chi connectivity index (χ4v) is 5.45. The molecule has 0 spiro atoms. The van der Waals surface area contributed by atoms with Crippen LogP contribution in [0.4, 0.5) is 5.82 Å². The molecule has 0 unspecified atom stereocenters. The number of hydrogen-bond acceptors (Lipinski definition) is 4. The van der Waals surface area contributed by atoms with Crippen molar-refractivity contribution in [1.29, 1.82) is 0 Å². The maximum atomic E-state index is 13.1. The van der Waals surface area contributed by atoms with Crippen molar-refractivity contribution in [2.75, 3.05) is 25.5 Å². The number of nitrogens with zero attached hydrogens (tertiary/aromatic N) is 2. The highest BCUT2D eigenvalue weighted by Gasteiger charge is 2.41. The summed E-state index contributed by atoms with van der Waals surface area (Å²) in [5, 5.41) is 6.41. The van der Waals surface area contributed by atoms with Crippen LogP contribution in [-0.4, -0.2) is 47.4 Å². The van der Waals surface area contributed by atoms with Gasteiger partial charge in [0.2, 0.25) is 11.8 Å². The number of likely N-dealkylation sites (N-methyl/N-ethyl adjacent to an activating group) is 2. The molecule has 2 amide bonds. The molecule has 1 saturated carbocycles. The van der Waals surface area contributed by atoms with Crippen molar-refractivity contribution >= 4 is 17.6 Å². The second kappa shape index (κ2) is 10.5. The molecule has 1 aromatic carbocycles. The highest BCUT2D eigenvalue weighted by molar-refractivity contribution is 5.92. The molecule has 6 nitrogen and oxygen atoms in total. The third kappa shape index (κ3) is 5.44. The van der Waals surface area contributed by atoms with E-state index in [9.17, 15) is 9.59 Å². The summed E-state index contributed by atoms with van der Waals surface area (Å²) in [6.07, 6.45) is 9.25. The molecular formula is C27H36N4O2. The molecule has 1 heterocycles. The van der Waals surface area contributed by atoms with Crippen molar-refractivity contribution in [3.05, 3.63) is 59.3 Å². The lowest BCUT2D eigenvalue weighted by atomic mass is 9.95. The second-order valence-electron chi connectivity index (χ2n) is 9.56. The van der Waals surface area contributed by atoms with E-state index in [1.54, 1.807) is 6.20 Å². The van der Waals surface area contributed by atoms with Gasteiger partial charge in [0.1, 0.15) is 5.82 Å². The minimum atomic E-state index is -0.345. The Bertz CT molecular complexity index is 969. The van der Waals surface area contributed by atoms with Gasteiger partial charge >= 0.3 is 0 Å². The third-order valence-electron chi connectivity index (χ3n) is 7.18. The van der Waals surface area contributed by atoms with Crippen molar-refractivity contribution < 1.29 is 9.59 Å². The number of rotatable bonds is 9. The number of hydrogen-bond donors (Lipinski definition) is 2. The SMILES string of the molecule is CCNC1(C(=O)N(C)CCCc2ccc3c(c2)C[C@H](C(=O)Nc2ccccn2)C3)CCCC1. The molecule has 1 atom stereocenters. The van der Waals surface area contributed by atoms with Gasteiger partial charge in [0.05, 0.1) is 5.54 Å². The van der Waals surface area contributed by atoms with Crippen LogP contribution < -0.4 is 10.6 Å². The standard InChI is InChI=1S/C27H36N4O2/c1-3-29-27(13-5-6-14-27)26(33)31(2)16-8-9-20-11-12-21-18-23(19-22(21)17-20)25(32)30-24-10-4-7-15-28-24/h4,7,10-12,15,17,23,29H,3,5-6,8-9,13-14,16,18-19H2,1-2H3,(H,28,30,32)/t23-/m1/s1. The minimum absolute atomic E-state index is 0.0353. The fourth-order valence-electron chi connectivity index (χ4n) is 5.45. The number of fused-ring (bicyclic) bond motifs is 1. The van der Waals surface area contributed by atoms with Crippen LogP contribution in [0, 0.1) is 5.92 Å². The third-order valence-corrected chi connectivity index (χ3v) is 7.18. The summed E-state index contributed by atoms with van der Waals surface area (Å²) >= 11 is 0. The fraction of sp³-hybridized carbons (Fsp3) is 0.519. The highest BCUT2D eigenvalue weighted by Crippen LogP contribution is 2.32. The molecule has 0 aliphatic heterocycles. The Hall–Kier alpha value is -2.73. The number of carbonyl (C=O) groups is 2. The largest absolute Gasteiger partial charge is 0.344 e. The van der Waals surface area contributed by atoms with Gasteiger partial charge in [-0.15, -0.1) is 0 Å². The van der Waals surface area contributed by atoms with E-state index in [4.69, 9.17) is 0 Å². The average molecular weight is 449 g/mol. The average Bonchev–Trinajstić information content (AvgIpc) is 3.47. The van der Waals surface area contributed by atoms with Gasteiger partial charge in [0, 0.05) is 25.7 Å². The summed E-state index contributed by atoms with van der Waals surface area (Å²) in [5.74, 6) is 0.840. The van der Waals surface area contributed by atoms with E-state index in [0.717, 1.165) is 64.5 Å². The van der Waals surface area contributed by atoms with E-state index < -0.39 is 0 Å². The number of pyridine rings is 1. The predicted octanol–water partition coefficient (Wildman–Crippen LogP) is 3.75. The number of aryl methyl sites for hydroxylation is 1. The van der Waals surface area contributed by atoms with Crippen LogP contribution in [0.15, 0.2) is 42.6 Å². The van der Waals surface area contributed by atoms with E-state index in [-0.39, 0.29) is 23.3 Å². The smallest absolute Gasteiger partial charge is 0.242 e. The first-order chi connectivity index (χ1) is 16.0. The summed E-state index contributed by atoms with van der Waals surface area (Å²) < 4.78 is 0. The molecule has 0 bridgehead atoms. The zero-order valence-corrected chi connectivity index (χ0v) is 19.9. The molecule has 33 heavy (non-hydrogen) atoms. The first kappa shape index (κ1) is 23.4. The van der Waals surface area contributed by atoms with Crippen LogP contribution in [0.3, 0.4) is 0 Å². The predicted molar refractivity (Wildman–Crippen MR) is 131 cm³/mol. The van der Waals surface area contributed by atoms with Gasteiger partial charge in [-0.05, 0) is 73.9 Å². The first-order valence-corrected chi connectivity index (χ1v) is 12.3. The van der Waals surface area contributed by atoms with E-state index in [2.05, 4.69) is 40.7 Å². The Kier molecular flexibility index (Phi) is 7.43. The molecule has 4 rings (SSSR count). The quantitative estimate of drug-likeness (QED) is 0.613. The van der Waals surface area contributed by atoms with Crippen molar-refractivity contribution in [2.24, 2.45) is 5.92 Å². The number of carbonyl (C=O) groups excluding carboxylic acids is 2. The zero-order valence-electron chi connectivity index (χ0n) is 19.9. The lowest BCUT2D eigenvalue weighted by Gasteiger charge is -2.33. The summed E-state index contributed by atoms with van der Waals surface area (Å²) in [7, 11) is 1.94. The molecule has 1 aromatic heterocycles. The number of anilines is 1. The summed E-state index contributed by atoms with van der Waals surface area (Å²) in [6, 6.07) is 12.1. The molecule has 1 fully saturated rings. The molecule has 176 valence electrons. The molecule has 2 aliphatic rings. The first-order valence-electron chi connectivity index (χ1n) is 12.3. The Morgan fingerprint density at radius 3 is 2.64 bits per heavy atom. The normalized spacial score (nSPS) is 18.7. The Morgan fingerprint density at radius 1 is 1.12 bits per heavy atom. The molecule has 2 aromatic rings. The number of amides is 2. The van der Waals surface area contributed by atoms with Crippen LogP contribution in [0.25, 0.3) is 0 Å². The van der Waals surface area contributed by atoms with Crippen molar-refractivity contribution in [3.8, 4) is 0 Å². The van der Waals surface area contributed by atoms with E-state index in [0.29, 0.717) is 5.82 Å². The van der Waals surface area contributed by atoms with E-state index in [1.165, 1.54) is 16.7 Å². The van der Waals surface area contributed by atoms with Gasteiger partial charge in [-0.25, -0.2) is 4.98 Å². The van der Waals surface area contributed by atoms with Crippen LogP contribution in [0.2, 0.25) is 0 Å². The molecular weight excluding hydrogens is 412 g/mol. The number of benzene rings is 1. The van der Waals surface area contributed by atoms with Gasteiger partial charge in [-0.3, -0.25) is 9.59 Å². The lowest BCUT2D eigenvalue weighted by Crippen LogP contribution is -2.55. The Morgan fingerprint density at radius 2 is 1.91 bits per heavy atom. The zero-order chi connectivity index (χ0) is 23.3. The van der Waals surface area contributed by atoms with Crippen LogP contribution in [0.1, 0.15) is 55.7 Å². The van der Waals surface area contributed by atoms with Crippen LogP contribution in [0.5, 0.6) is 0 Å². The van der Waals surface area contributed by atoms with E-state index >= 15 is 0 Å². The van der Waals surface area contributed by atoms with Crippen molar-refractivity contribution in [1.82, 2.24) is 15.2 Å². The Balaban J connectivity index is 1.28. The van der Waals surface area contributed by atoms with Crippen LogP contribution in [-0.2, 0) is 28.9 Å². The van der Waals surface area contributed by atoms with Crippen molar-refractivity contribution in [2.45, 2.75) is 63.8 Å². The molecule has 0 saturated heterocycles. The molecule has 6 heteroatoms. The molecule has 2 aliphatic carbocycles. The monoisotopic (exact) mass is 448 g/mol. The van der Waals surface area contributed by atoms with Crippen LogP contribution >= 0.6 is 0 Å². The van der Waals surface area contributed by atoms with Gasteiger partial charge in [-0.1, -0.05) is 44.0 Å². The van der Waals surface area contributed by atoms with Gasteiger partial charge in [0.15, 0.2) is 0 Å². The maximum absolute atomic E-state index is 13.1. The maximum Gasteiger partial charge on any atom is 0.242 e.